The third kappa shape index (κ3) is 3.23. The lowest BCUT2D eigenvalue weighted by atomic mass is 10.0. The van der Waals surface area contributed by atoms with Crippen molar-refractivity contribution in [2.75, 3.05) is 0 Å². The SMILES string of the molecule is CCn1ccc(CNC(c2ccccc2)c2ccco2)n1. The highest BCUT2D eigenvalue weighted by Gasteiger charge is 2.16. The van der Waals surface area contributed by atoms with Gasteiger partial charge in [0.25, 0.3) is 0 Å². The molecule has 0 radical (unpaired) electrons. The summed E-state index contributed by atoms with van der Waals surface area (Å²) < 4.78 is 7.51. The van der Waals surface area contributed by atoms with E-state index in [9.17, 15) is 0 Å². The maximum absolute atomic E-state index is 5.58. The molecule has 0 fully saturated rings. The summed E-state index contributed by atoms with van der Waals surface area (Å²) in [6, 6.07) is 16.3. The minimum absolute atomic E-state index is 0.0352. The summed E-state index contributed by atoms with van der Waals surface area (Å²) in [7, 11) is 0. The van der Waals surface area contributed by atoms with Gasteiger partial charge in [0.2, 0.25) is 0 Å². The van der Waals surface area contributed by atoms with Crippen LogP contribution in [0, 0.1) is 0 Å². The molecule has 108 valence electrons. The van der Waals surface area contributed by atoms with E-state index in [-0.39, 0.29) is 6.04 Å². The van der Waals surface area contributed by atoms with E-state index in [4.69, 9.17) is 4.42 Å². The van der Waals surface area contributed by atoms with Gasteiger partial charge in [0.15, 0.2) is 0 Å². The molecule has 0 saturated carbocycles. The first-order valence-corrected chi connectivity index (χ1v) is 7.21. The minimum atomic E-state index is 0.0352. The van der Waals surface area contributed by atoms with Crippen LogP contribution in [0.15, 0.2) is 65.4 Å². The molecule has 1 unspecified atom stereocenters. The zero-order valence-corrected chi connectivity index (χ0v) is 12.1. The third-order valence-corrected chi connectivity index (χ3v) is 3.47. The summed E-state index contributed by atoms with van der Waals surface area (Å²) in [5.74, 6) is 0.913. The second kappa shape index (κ2) is 6.41. The van der Waals surface area contributed by atoms with Crippen molar-refractivity contribution in [1.82, 2.24) is 15.1 Å². The Morgan fingerprint density at radius 2 is 2.00 bits per heavy atom. The molecule has 0 aliphatic rings. The van der Waals surface area contributed by atoms with E-state index in [1.807, 2.05) is 47.3 Å². The lowest BCUT2D eigenvalue weighted by Gasteiger charge is -2.16. The number of hydrogen-bond acceptors (Lipinski definition) is 3. The summed E-state index contributed by atoms with van der Waals surface area (Å²) >= 11 is 0. The number of hydrogen-bond donors (Lipinski definition) is 1. The monoisotopic (exact) mass is 281 g/mol. The summed E-state index contributed by atoms with van der Waals surface area (Å²) in [5.41, 5.74) is 2.21. The molecule has 3 rings (SSSR count). The largest absolute Gasteiger partial charge is 0.467 e. The Hall–Kier alpha value is -2.33. The predicted octanol–water partition coefficient (Wildman–Crippen LogP) is 3.38. The van der Waals surface area contributed by atoms with Crippen molar-refractivity contribution in [1.29, 1.82) is 0 Å². The van der Waals surface area contributed by atoms with Crippen LogP contribution in [0.25, 0.3) is 0 Å². The first-order chi connectivity index (χ1) is 10.4. The van der Waals surface area contributed by atoms with E-state index in [1.54, 1.807) is 6.26 Å². The molecule has 3 aromatic rings. The molecule has 0 amide bonds. The van der Waals surface area contributed by atoms with Crippen molar-refractivity contribution in [2.24, 2.45) is 0 Å². The van der Waals surface area contributed by atoms with Crippen molar-refractivity contribution in [2.45, 2.75) is 26.1 Å². The Morgan fingerprint density at radius 3 is 2.67 bits per heavy atom. The highest BCUT2D eigenvalue weighted by Crippen LogP contribution is 2.22. The summed E-state index contributed by atoms with van der Waals surface area (Å²) in [4.78, 5) is 0. The van der Waals surface area contributed by atoms with E-state index < -0.39 is 0 Å². The van der Waals surface area contributed by atoms with Crippen LogP contribution in [0.4, 0.5) is 0 Å². The average Bonchev–Trinajstić information content (AvgIpc) is 3.20. The molecular formula is C17H19N3O. The zero-order valence-electron chi connectivity index (χ0n) is 12.1. The molecule has 1 N–H and O–H groups in total. The first-order valence-electron chi connectivity index (χ1n) is 7.21. The van der Waals surface area contributed by atoms with E-state index in [0.717, 1.165) is 18.0 Å². The van der Waals surface area contributed by atoms with Gasteiger partial charge in [-0.1, -0.05) is 30.3 Å². The summed E-state index contributed by atoms with van der Waals surface area (Å²) in [6.07, 6.45) is 3.71. The van der Waals surface area contributed by atoms with Gasteiger partial charge in [-0.3, -0.25) is 10.00 Å². The van der Waals surface area contributed by atoms with Gasteiger partial charge >= 0.3 is 0 Å². The topological polar surface area (TPSA) is 43.0 Å². The number of aryl methyl sites for hydroxylation is 1. The highest BCUT2D eigenvalue weighted by molar-refractivity contribution is 5.26. The Labute approximate surface area is 124 Å². The number of aromatic nitrogens is 2. The van der Waals surface area contributed by atoms with Crippen molar-refractivity contribution in [3.05, 3.63) is 78.0 Å². The Balaban J connectivity index is 1.77. The molecule has 0 aliphatic carbocycles. The molecule has 2 aromatic heterocycles. The molecule has 0 spiro atoms. The maximum atomic E-state index is 5.58. The van der Waals surface area contributed by atoms with Gasteiger partial charge in [0.05, 0.1) is 18.0 Å². The Kier molecular flexibility index (Phi) is 4.17. The lowest BCUT2D eigenvalue weighted by Crippen LogP contribution is -2.22. The number of benzene rings is 1. The van der Waals surface area contributed by atoms with Crippen LogP contribution >= 0.6 is 0 Å². The van der Waals surface area contributed by atoms with Crippen LogP contribution in [0.3, 0.4) is 0 Å². The smallest absolute Gasteiger partial charge is 0.125 e. The quantitative estimate of drug-likeness (QED) is 0.753. The van der Waals surface area contributed by atoms with Gasteiger partial charge in [-0.2, -0.15) is 5.10 Å². The Bertz CT molecular complexity index is 658. The molecule has 21 heavy (non-hydrogen) atoms. The van der Waals surface area contributed by atoms with Gasteiger partial charge in [-0.15, -0.1) is 0 Å². The van der Waals surface area contributed by atoms with Gasteiger partial charge in [0.1, 0.15) is 5.76 Å². The molecular weight excluding hydrogens is 262 g/mol. The van der Waals surface area contributed by atoms with Crippen LogP contribution in [0.5, 0.6) is 0 Å². The highest BCUT2D eigenvalue weighted by atomic mass is 16.3. The molecule has 0 bridgehead atoms. The van der Waals surface area contributed by atoms with E-state index in [0.29, 0.717) is 6.54 Å². The Morgan fingerprint density at radius 1 is 1.14 bits per heavy atom. The number of rotatable bonds is 6. The van der Waals surface area contributed by atoms with Gasteiger partial charge < -0.3 is 4.42 Å². The molecule has 2 heterocycles. The van der Waals surface area contributed by atoms with E-state index >= 15 is 0 Å². The first kappa shape index (κ1) is 13.6. The number of nitrogens with one attached hydrogen (secondary N) is 1. The van der Waals surface area contributed by atoms with Crippen molar-refractivity contribution in [3.8, 4) is 0 Å². The molecule has 1 aromatic carbocycles. The van der Waals surface area contributed by atoms with Gasteiger partial charge in [0, 0.05) is 19.3 Å². The van der Waals surface area contributed by atoms with Crippen LogP contribution in [0.2, 0.25) is 0 Å². The molecule has 0 aliphatic heterocycles. The lowest BCUT2D eigenvalue weighted by molar-refractivity contribution is 0.443. The van der Waals surface area contributed by atoms with E-state index in [2.05, 4.69) is 29.5 Å². The molecule has 0 saturated heterocycles. The van der Waals surface area contributed by atoms with Crippen molar-refractivity contribution >= 4 is 0 Å². The fourth-order valence-corrected chi connectivity index (χ4v) is 2.36. The van der Waals surface area contributed by atoms with Crippen LogP contribution in [-0.4, -0.2) is 9.78 Å². The predicted molar refractivity (Wildman–Crippen MR) is 81.7 cm³/mol. The van der Waals surface area contributed by atoms with Crippen molar-refractivity contribution < 1.29 is 4.42 Å². The fraction of sp³-hybridized carbons (Fsp3) is 0.235. The molecule has 4 nitrogen and oxygen atoms in total. The summed E-state index contributed by atoms with van der Waals surface area (Å²) in [5, 5.41) is 8.02. The van der Waals surface area contributed by atoms with Gasteiger partial charge in [-0.05, 0) is 30.7 Å². The number of furan rings is 1. The molecule has 4 heteroatoms. The normalized spacial score (nSPS) is 12.4. The van der Waals surface area contributed by atoms with Crippen LogP contribution in [0.1, 0.15) is 30.0 Å². The fourth-order valence-electron chi connectivity index (χ4n) is 2.36. The maximum Gasteiger partial charge on any atom is 0.125 e. The average molecular weight is 281 g/mol. The zero-order chi connectivity index (χ0) is 14.5. The second-order valence-corrected chi connectivity index (χ2v) is 4.90. The number of nitrogens with zero attached hydrogens (tertiary/aromatic N) is 2. The minimum Gasteiger partial charge on any atom is -0.467 e. The summed E-state index contributed by atoms with van der Waals surface area (Å²) in [6.45, 7) is 3.67. The standard InChI is InChI=1S/C17H19N3O/c1-2-20-11-10-15(19-20)13-18-17(16-9-6-12-21-16)14-7-4-3-5-8-14/h3-12,17-18H,2,13H2,1H3. The van der Waals surface area contributed by atoms with Crippen LogP contribution < -0.4 is 5.32 Å². The van der Waals surface area contributed by atoms with Crippen LogP contribution in [-0.2, 0) is 13.1 Å². The van der Waals surface area contributed by atoms with Crippen molar-refractivity contribution in [3.63, 3.8) is 0 Å². The second-order valence-electron chi connectivity index (χ2n) is 4.90. The molecule has 1 atom stereocenters. The van der Waals surface area contributed by atoms with E-state index in [1.165, 1.54) is 5.56 Å². The third-order valence-electron chi connectivity index (χ3n) is 3.47. The van der Waals surface area contributed by atoms with Gasteiger partial charge in [-0.25, -0.2) is 0 Å².